The third-order valence-corrected chi connectivity index (χ3v) is 2.55. The molecule has 4 heteroatoms. The van der Waals surface area contributed by atoms with Crippen molar-refractivity contribution in [2.45, 2.75) is 12.5 Å². The van der Waals surface area contributed by atoms with Gasteiger partial charge in [0.1, 0.15) is 5.82 Å². The average molecular weight is 208 g/mol. The molecule has 2 rings (SSSR count). The molecule has 1 unspecified atom stereocenters. The maximum absolute atomic E-state index is 13.2. The zero-order valence-corrected chi connectivity index (χ0v) is 8.29. The van der Waals surface area contributed by atoms with Crippen molar-refractivity contribution in [1.29, 1.82) is 0 Å². The molecule has 1 atom stereocenters. The Morgan fingerprint density at radius 1 is 1.53 bits per heavy atom. The number of amides is 1. The summed E-state index contributed by atoms with van der Waals surface area (Å²) in [5, 5.41) is 5.86. The molecule has 0 radical (unpaired) electrons. The number of hydrogen-bond acceptors (Lipinski definition) is 2. The number of carbonyl (C=O) groups excluding carboxylic acids is 1. The van der Waals surface area contributed by atoms with E-state index in [-0.39, 0.29) is 11.5 Å². The van der Waals surface area contributed by atoms with Crippen LogP contribution in [0, 0.1) is 5.82 Å². The Hall–Kier alpha value is -1.42. The van der Waals surface area contributed by atoms with Crippen LogP contribution < -0.4 is 10.6 Å². The zero-order chi connectivity index (χ0) is 10.7. The Labute approximate surface area is 87.7 Å². The predicted molar refractivity (Wildman–Crippen MR) is 55.1 cm³/mol. The number of rotatable bonds is 3. The highest BCUT2D eigenvalue weighted by atomic mass is 19.1. The van der Waals surface area contributed by atoms with Crippen LogP contribution >= 0.6 is 0 Å². The molecule has 1 aromatic carbocycles. The van der Waals surface area contributed by atoms with Crippen LogP contribution in [0.15, 0.2) is 24.3 Å². The van der Waals surface area contributed by atoms with Crippen molar-refractivity contribution >= 4 is 5.91 Å². The van der Waals surface area contributed by atoms with Gasteiger partial charge in [0.2, 0.25) is 0 Å². The second kappa shape index (κ2) is 4.40. The van der Waals surface area contributed by atoms with E-state index in [1.165, 1.54) is 12.1 Å². The highest BCUT2D eigenvalue weighted by molar-refractivity contribution is 5.94. The Balaban J connectivity index is 1.92. The van der Waals surface area contributed by atoms with Crippen molar-refractivity contribution in [2.24, 2.45) is 0 Å². The SMILES string of the molecule is O=C(NCC1CCN1)c1ccccc1F. The van der Waals surface area contributed by atoms with Gasteiger partial charge in [0.15, 0.2) is 0 Å². The van der Waals surface area contributed by atoms with Gasteiger partial charge in [-0.2, -0.15) is 0 Å². The van der Waals surface area contributed by atoms with Gasteiger partial charge in [-0.1, -0.05) is 12.1 Å². The molecule has 1 heterocycles. The molecule has 1 saturated heterocycles. The standard InChI is InChI=1S/C11H13FN2O/c12-10-4-2-1-3-9(10)11(15)14-7-8-5-6-13-8/h1-4,8,13H,5-7H2,(H,14,15). The molecule has 2 N–H and O–H groups in total. The van der Waals surface area contributed by atoms with E-state index in [2.05, 4.69) is 10.6 Å². The van der Waals surface area contributed by atoms with Crippen molar-refractivity contribution in [3.05, 3.63) is 35.6 Å². The smallest absolute Gasteiger partial charge is 0.254 e. The van der Waals surface area contributed by atoms with Crippen molar-refractivity contribution in [3.8, 4) is 0 Å². The molecule has 0 saturated carbocycles. The van der Waals surface area contributed by atoms with Gasteiger partial charge in [-0.15, -0.1) is 0 Å². The van der Waals surface area contributed by atoms with Crippen LogP contribution in [0.2, 0.25) is 0 Å². The first-order chi connectivity index (χ1) is 7.27. The number of hydrogen-bond donors (Lipinski definition) is 2. The Kier molecular flexibility index (Phi) is 2.97. The summed E-state index contributed by atoms with van der Waals surface area (Å²) < 4.78 is 13.2. The number of halogens is 1. The fourth-order valence-electron chi connectivity index (χ4n) is 1.48. The minimum Gasteiger partial charge on any atom is -0.350 e. The summed E-state index contributed by atoms with van der Waals surface area (Å²) in [7, 11) is 0. The minimum absolute atomic E-state index is 0.108. The zero-order valence-electron chi connectivity index (χ0n) is 8.29. The van der Waals surface area contributed by atoms with Gasteiger partial charge < -0.3 is 10.6 Å². The lowest BCUT2D eigenvalue weighted by Gasteiger charge is -2.27. The second-order valence-electron chi connectivity index (χ2n) is 3.63. The molecule has 80 valence electrons. The van der Waals surface area contributed by atoms with Crippen molar-refractivity contribution in [2.75, 3.05) is 13.1 Å². The molecule has 1 fully saturated rings. The lowest BCUT2D eigenvalue weighted by atomic mass is 10.1. The van der Waals surface area contributed by atoms with E-state index in [4.69, 9.17) is 0 Å². The summed E-state index contributed by atoms with van der Waals surface area (Å²) in [5.41, 5.74) is 0.108. The third-order valence-electron chi connectivity index (χ3n) is 2.55. The molecular formula is C11H13FN2O. The molecule has 1 amide bonds. The molecule has 3 nitrogen and oxygen atoms in total. The van der Waals surface area contributed by atoms with Crippen LogP contribution in [0.4, 0.5) is 4.39 Å². The molecule has 0 aromatic heterocycles. The van der Waals surface area contributed by atoms with E-state index in [1.54, 1.807) is 12.1 Å². The van der Waals surface area contributed by atoms with E-state index in [0.29, 0.717) is 12.6 Å². The normalized spacial score (nSPS) is 19.4. The van der Waals surface area contributed by atoms with E-state index < -0.39 is 5.82 Å². The Bertz CT molecular complexity index is 363. The van der Waals surface area contributed by atoms with E-state index in [9.17, 15) is 9.18 Å². The lowest BCUT2D eigenvalue weighted by molar-refractivity contribution is 0.0941. The van der Waals surface area contributed by atoms with E-state index in [1.807, 2.05) is 0 Å². The van der Waals surface area contributed by atoms with Gasteiger partial charge in [0.25, 0.3) is 5.91 Å². The van der Waals surface area contributed by atoms with Crippen molar-refractivity contribution in [3.63, 3.8) is 0 Å². The largest absolute Gasteiger partial charge is 0.350 e. The van der Waals surface area contributed by atoms with Gasteiger partial charge in [-0.3, -0.25) is 4.79 Å². The molecular weight excluding hydrogens is 195 g/mol. The van der Waals surface area contributed by atoms with Crippen LogP contribution in [-0.2, 0) is 0 Å². The summed E-state index contributed by atoms with van der Waals surface area (Å²) >= 11 is 0. The third kappa shape index (κ3) is 2.33. The predicted octanol–water partition coefficient (Wildman–Crippen LogP) is 0.917. The van der Waals surface area contributed by atoms with Gasteiger partial charge in [0, 0.05) is 12.6 Å². The Morgan fingerprint density at radius 3 is 2.87 bits per heavy atom. The van der Waals surface area contributed by atoms with E-state index in [0.717, 1.165) is 13.0 Å². The highest BCUT2D eigenvalue weighted by Crippen LogP contribution is 2.06. The van der Waals surface area contributed by atoms with Crippen LogP contribution in [-0.4, -0.2) is 25.0 Å². The fraction of sp³-hybridized carbons (Fsp3) is 0.364. The molecule has 1 aliphatic rings. The lowest BCUT2D eigenvalue weighted by Crippen LogP contribution is -2.50. The molecule has 1 aliphatic heterocycles. The maximum Gasteiger partial charge on any atom is 0.254 e. The first-order valence-electron chi connectivity index (χ1n) is 5.03. The van der Waals surface area contributed by atoms with Crippen molar-refractivity contribution < 1.29 is 9.18 Å². The van der Waals surface area contributed by atoms with E-state index >= 15 is 0 Å². The van der Waals surface area contributed by atoms with Crippen LogP contribution in [0.25, 0.3) is 0 Å². The van der Waals surface area contributed by atoms with Crippen LogP contribution in [0.3, 0.4) is 0 Å². The summed E-state index contributed by atoms with van der Waals surface area (Å²) in [6.07, 6.45) is 1.07. The minimum atomic E-state index is -0.475. The first-order valence-corrected chi connectivity index (χ1v) is 5.03. The summed E-state index contributed by atoms with van der Waals surface area (Å²) in [6, 6.07) is 6.34. The number of carbonyl (C=O) groups is 1. The summed E-state index contributed by atoms with van der Waals surface area (Å²) in [5.74, 6) is -0.821. The topological polar surface area (TPSA) is 41.1 Å². The first kappa shape index (κ1) is 10.1. The second-order valence-corrected chi connectivity index (χ2v) is 3.63. The van der Waals surface area contributed by atoms with Gasteiger partial charge >= 0.3 is 0 Å². The Morgan fingerprint density at radius 2 is 2.27 bits per heavy atom. The van der Waals surface area contributed by atoms with Crippen LogP contribution in [0.5, 0.6) is 0 Å². The molecule has 1 aromatic rings. The summed E-state index contributed by atoms with van der Waals surface area (Å²) in [4.78, 5) is 11.5. The fourth-order valence-corrected chi connectivity index (χ4v) is 1.48. The quantitative estimate of drug-likeness (QED) is 0.775. The average Bonchev–Trinajstić information content (AvgIpc) is 2.16. The number of benzene rings is 1. The van der Waals surface area contributed by atoms with Gasteiger partial charge in [-0.05, 0) is 25.1 Å². The van der Waals surface area contributed by atoms with Crippen molar-refractivity contribution in [1.82, 2.24) is 10.6 Å². The maximum atomic E-state index is 13.2. The molecule has 0 bridgehead atoms. The monoisotopic (exact) mass is 208 g/mol. The molecule has 0 spiro atoms. The van der Waals surface area contributed by atoms with Gasteiger partial charge in [0.05, 0.1) is 5.56 Å². The highest BCUT2D eigenvalue weighted by Gasteiger charge is 2.18. The molecule has 0 aliphatic carbocycles. The number of nitrogens with one attached hydrogen (secondary N) is 2. The van der Waals surface area contributed by atoms with Gasteiger partial charge in [-0.25, -0.2) is 4.39 Å². The summed E-state index contributed by atoms with van der Waals surface area (Å²) in [6.45, 7) is 1.56. The molecule has 15 heavy (non-hydrogen) atoms. The van der Waals surface area contributed by atoms with Crippen LogP contribution in [0.1, 0.15) is 16.8 Å².